The van der Waals surface area contributed by atoms with Gasteiger partial charge in [0, 0.05) is 5.02 Å². The van der Waals surface area contributed by atoms with Crippen LogP contribution in [0.25, 0.3) is 0 Å². The lowest BCUT2D eigenvalue weighted by Crippen LogP contribution is -2.42. The van der Waals surface area contributed by atoms with Crippen LogP contribution in [0.4, 0.5) is 5.69 Å². The Bertz CT molecular complexity index is 1180. The highest BCUT2D eigenvalue weighted by Gasteiger charge is 2.29. The van der Waals surface area contributed by atoms with E-state index in [2.05, 4.69) is 5.32 Å². The molecule has 9 heteroatoms. The molecule has 0 aromatic heterocycles. The first-order valence-electron chi connectivity index (χ1n) is 10.2. The van der Waals surface area contributed by atoms with Crippen LogP contribution in [0.2, 0.25) is 5.02 Å². The van der Waals surface area contributed by atoms with Crippen molar-refractivity contribution in [3.8, 4) is 11.5 Å². The van der Waals surface area contributed by atoms with Crippen LogP contribution < -0.4 is 19.1 Å². The van der Waals surface area contributed by atoms with E-state index in [1.54, 1.807) is 60.7 Å². The standard InChI is InChI=1S/C24H25ClN2O5S/c1-18-7-13-21(14-8-18)33(29,30)27(22-5-3-4-6-23(22)31-2)17-24(28)26-15-16-32-20-11-9-19(25)10-12-20/h3-14H,15-17H2,1-2H3,(H,26,28). The van der Waals surface area contributed by atoms with Gasteiger partial charge in [0.05, 0.1) is 24.2 Å². The molecule has 3 rings (SSSR count). The summed E-state index contributed by atoms with van der Waals surface area (Å²) >= 11 is 5.85. The van der Waals surface area contributed by atoms with Crippen molar-refractivity contribution in [3.05, 3.63) is 83.4 Å². The summed E-state index contributed by atoms with van der Waals surface area (Å²) in [5.41, 5.74) is 1.20. The lowest BCUT2D eigenvalue weighted by Gasteiger charge is -2.25. The van der Waals surface area contributed by atoms with Crippen LogP contribution >= 0.6 is 11.6 Å². The van der Waals surface area contributed by atoms with E-state index in [4.69, 9.17) is 21.1 Å². The third kappa shape index (κ3) is 6.40. The lowest BCUT2D eigenvalue weighted by atomic mass is 10.2. The quantitative estimate of drug-likeness (QED) is 0.435. The SMILES string of the molecule is COc1ccccc1N(CC(=O)NCCOc1ccc(Cl)cc1)S(=O)(=O)c1ccc(C)cc1. The second-order valence-corrected chi connectivity index (χ2v) is 9.45. The van der Waals surface area contributed by atoms with E-state index in [0.717, 1.165) is 9.87 Å². The number of carbonyl (C=O) groups excluding carboxylic acids is 1. The number of amides is 1. The van der Waals surface area contributed by atoms with Gasteiger partial charge in [-0.15, -0.1) is 0 Å². The largest absolute Gasteiger partial charge is 0.495 e. The molecule has 0 spiro atoms. The first-order valence-corrected chi connectivity index (χ1v) is 12.0. The Morgan fingerprint density at radius 2 is 1.67 bits per heavy atom. The van der Waals surface area contributed by atoms with Gasteiger partial charge in [-0.1, -0.05) is 41.4 Å². The monoisotopic (exact) mass is 488 g/mol. The number of aryl methyl sites for hydroxylation is 1. The van der Waals surface area contributed by atoms with Crippen LogP contribution in [0.1, 0.15) is 5.56 Å². The normalized spacial score (nSPS) is 11.0. The zero-order valence-electron chi connectivity index (χ0n) is 18.3. The maximum absolute atomic E-state index is 13.4. The second-order valence-electron chi connectivity index (χ2n) is 7.15. The van der Waals surface area contributed by atoms with Gasteiger partial charge in [-0.25, -0.2) is 8.42 Å². The number of methoxy groups -OCH3 is 1. The van der Waals surface area contributed by atoms with Crippen molar-refractivity contribution in [1.29, 1.82) is 0 Å². The van der Waals surface area contributed by atoms with E-state index in [9.17, 15) is 13.2 Å². The Balaban J connectivity index is 1.74. The van der Waals surface area contributed by atoms with Crippen molar-refractivity contribution in [2.75, 3.05) is 31.1 Å². The van der Waals surface area contributed by atoms with Crippen LogP contribution in [0, 0.1) is 6.92 Å². The molecule has 0 saturated heterocycles. The van der Waals surface area contributed by atoms with Crippen LogP contribution in [0.15, 0.2) is 77.7 Å². The second kappa shape index (κ2) is 11.1. The number of halogens is 1. The zero-order valence-corrected chi connectivity index (χ0v) is 19.9. The molecular weight excluding hydrogens is 464 g/mol. The average molecular weight is 489 g/mol. The van der Waals surface area contributed by atoms with Crippen LogP contribution in [0.5, 0.6) is 11.5 Å². The van der Waals surface area contributed by atoms with Crippen molar-refractivity contribution in [3.63, 3.8) is 0 Å². The molecule has 1 N–H and O–H groups in total. The summed E-state index contributed by atoms with van der Waals surface area (Å²) in [5, 5.41) is 3.30. The Morgan fingerprint density at radius 1 is 1.00 bits per heavy atom. The molecule has 33 heavy (non-hydrogen) atoms. The highest BCUT2D eigenvalue weighted by atomic mass is 35.5. The Kier molecular flexibility index (Phi) is 8.19. The molecule has 0 aliphatic carbocycles. The molecule has 0 unspecified atom stereocenters. The molecule has 0 atom stereocenters. The minimum Gasteiger partial charge on any atom is -0.495 e. The highest BCUT2D eigenvalue weighted by Crippen LogP contribution is 2.32. The van der Waals surface area contributed by atoms with E-state index in [1.165, 1.54) is 19.2 Å². The first kappa shape index (κ1) is 24.4. The fourth-order valence-corrected chi connectivity index (χ4v) is 4.61. The van der Waals surface area contributed by atoms with E-state index in [0.29, 0.717) is 16.5 Å². The number of benzene rings is 3. The fraction of sp³-hybridized carbons (Fsp3) is 0.208. The van der Waals surface area contributed by atoms with Gasteiger partial charge in [0.1, 0.15) is 24.7 Å². The van der Waals surface area contributed by atoms with Crippen LogP contribution in [-0.4, -0.2) is 41.1 Å². The topological polar surface area (TPSA) is 84.9 Å². The number of sulfonamides is 1. The number of hydrogen-bond acceptors (Lipinski definition) is 5. The number of hydrogen-bond donors (Lipinski definition) is 1. The summed E-state index contributed by atoms with van der Waals surface area (Å²) in [7, 11) is -2.58. The first-order chi connectivity index (χ1) is 15.8. The Hall–Kier alpha value is -3.23. The summed E-state index contributed by atoms with van der Waals surface area (Å²) < 4.78 is 38.8. The maximum atomic E-state index is 13.4. The van der Waals surface area contributed by atoms with Crippen molar-refractivity contribution < 1.29 is 22.7 Å². The molecule has 0 bridgehead atoms. The predicted octanol–water partition coefficient (Wildman–Crippen LogP) is 4.05. The molecule has 0 saturated carbocycles. The van der Waals surface area contributed by atoms with Gasteiger partial charge < -0.3 is 14.8 Å². The smallest absolute Gasteiger partial charge is 0.264 e. The highest BCUT2D eigenvalue weighted by molar-refractivity contribution is 7.92. The summed E-state index contributed by atoms with van der Waals surface area (Å²) in [5.74, 6) is 0.481. The van der Waals surface area contributed by atoms with Gasteiger partial charge in [-0.3, -0.25) is 9.10 Å². The minimum absolute atomic E-state index is 0.0814. The van der Waals surface area contributed by atoms with E-state index in [1.807, 2.05) is 6.92 Å². The van der Waals surface area contributed by atoms with Crippen molar-refractivity contribution in [1.82, 2.24) is 5.32 Å². The van der Waals surface area contributed by atoms with E-state index < -0.39 is 22.5 Å². The van der Waals surface area contributed by atoms with Crippen molar-refractivity contribution >= 4 is 33.2 Å². The number of para-hydroxylation sites is 2. The summed E-state index contributed by atoms with van der Waals surface area (Å²) in [4.78, 5) is 12.8. The Morgan fingerprint density at radius 3 is 2.33 bits per heavy atom. The average Bonchev–Trinajstić information content (AvgIpc) is 2.81. The lowest BCUT2D eigenvalue weighted by molar-refractivity contribution is -0.119. The molecular formula is C24H25ClN2O5S. The maximum Gasteiger partial charge on any atom is 0.264 e. The third-order valence-electron chi connectivity index (χ3n) is 4.76. The number of carbonyl (C=O) groups is 1. The number of nitrogens with one attached hydrogen (secondary N) is 1. The zero-order chi connectivity index (χ0) is 23.8. The predicted molar refractivity (Wildman–Crippen MR) is 129 cm³/mol. The van der Waals surface area contributed by atoms with Gasteiger partial charge in [-0.05, 0) is 55.5 Å². The molecule has 7 nitrogen and oxygen atoms in total. The molecule has 0 aliphatic rings. The van der Waals surface area contributed by atoms with Gasteiger partial charge in [0.2, 0.25) is 5.91 Å². The summed E-state index contributed by atoms with van der Waals surface area (Å²) in [6.45, 7) is 1.87. The number of anilines is 1. The molecule has 174 valence electrons. The fourth-order valence-electron chi connectivity index (χ4n) is 3.05. The van der Waals surface area contributed by atoms with Crippen LogP contribution in [0.3, 0.4) is 0 Å². The van der Waals surface area contributed by atoms with Gasteiger partial charge in [0.15, 0.2) is 0 Å². The van der Waals surface area contributed by atoms with E-state index >= 15 is 0 Å². The molecule has 0 aliphatic heterocycles. The molecule has 3 aromatic rings. The van der Waals surface area contributed by atoms with Gasteiger partial charge in [-0.2, -0.15) is 0 Å². The van der Waals surface area contributed by atoms with Gasteiger partial charge in [0.25, 0.3) is 10.0 Å². The molecule has 1 amide bonds. The number of rotatable bonds is 10. The molecule has 0 heterocycles. The van der Waals surface area contributed by atoms with Crippen LogP contribution in [-0.2, 0) is 14.8 Å². The summed E-state index contributed by atoms with van der Waals surface area (Å²) in [6.07, 6.45) is 0. The molecule has 0 fully saturated rings. The summed E-state index contributed by atoms with van der Waals surface area (Å²) in [6, 6.07) is 20.0. The number of ether oxygens (including phenoxy) is 2. The Labute approximate surface area is 198 Å². The van der Waals surface area contributed by atoms with Gasteiger partial charge >= 0.3 is 0 Å². The minimum atomic E-state index is -4.03. The van der Waals surface area contributed by atoms with E-state index in [-0.39, 0.29) is 23.7 Å². The number of nitrogens with zero attached hydrogens (tertiary/aromatic N) is 1. The molecule has 0 radical (unpaired) electrons. The van der Waals surface area contributed by atoms with Crippen molar-refractivity contribution in [2.24, 2.45) is 0 Å². The third-order valence-corrected chi connectivity index (χ3v) is 6.78. The van der Waals surface area contributed by atoms with Crippen molar-refractivity contribution in [2.45, 2.75) is 11.8 Å². The molecule has 3 aromatic carbocycles.